The molecule has 0 saturated carbocycles. The summed E-state index contributed by atoms with van der Waals surface area (Å²) in [6, 6.07) is 7.33. The van der Waals surface area contributed by atoms with Crippen LogP contribution in [0.3, 0.4) is 0 Å². The Bertz CT molecular complexity index is 1230. The zero-order valence-corrected chi connectivity index (χ0v) is 17.3. The number of aryl methyl sites for hydroxylation is 1. The number of halogens is 1. The minimum absolute atomic E-state index is 0.106. The Kier molecular flexibility index (Phi) is 4.91. The minimum Gasteiger partial charge on any atom is -0.486 e. The lowest BCUT2D eigenvalue weighted by Crippen LogP contribution is -2.42. The fourth-order valence-corrected chi connectivity index (χ4v) is 3.66. The Morgan fingerprint density at radius 1 is 1.24 bits per heavy atom. The van der Waals surface area contributed by atoms with Gasteiger partial charge in [0.25, 0.3) is 5.56 Å². The lowest BCUT2D eigenvalue weighted by molar-refractivity contribution is -0.122. The van der Waals surface area contributed by atoms with Gasteiger partial charge in [-0.15, -0.1) is 0 Å². The molecule has 3 heterocycles. The molecule has 0 spiro atoms. The van der Waals surface area contributed by atoms with Gasteiger partial charge in [0.05, 0.1) is 6.54 Å². The summed E-state index contributed by atoms with van der Waals surface area (Å²) < 4.78 is 15.5. The normalized spacial score (nSPS) is 15.5. The standard InChI is InChI=1S/C18H18BrN5O5/c1-22-15-14(16(26)23(2)18(22)27)21-17(19)24(15)8-13(25)20-7-10-9-28-11-5-3-4-6-12(11)29-10/h3-6,10H,7-9H2,1-2H3,(H,20,25). The first-order valence-corrected chi connectivity index (χ1v) is 9.63. The van der Waals surface area contributed by atoms with Crippen LogP contribution in [0.4, 0.5) is 0 Å². The number of fused-ring (bicyclic) bond motifs is 2. The van der Waals surface area contributed by atoms with E-state index in [1.807, 2.05) is 18.2 Å². The van der Waals surface area contributed by atoms with E-state index in [2.05, 4.69) is 26.2 Å². The molecular formula is C18H18BrN5O5. The highest BCUT2D eigenvalue weighted by Gasteiger charge is 2.22. The Hall–Kier alpha value is -3.08. The van der Waals surface area contributed by atoms with Crippen LogP contribution in [0.2, 0.25) is 0 Å². The number of nitrogens with zero attached hydrogens (tertiary/aromatic N) is 4. The van der Waals surface area contributed by atoms with E-state index < -0.39 is 11.2 Å². The maximum Gasteiger partial charge on any atom is 0.332 e. The third-order valence-electron chi connectivity index (χ3n) is 4.69. The van der Waals surface area contributed by atoms with Crippen molar-refractivity contribution >= 4 is 33.0 Å². The SMILES string of the molecule is Cn1c(=O)c2nc(Br)n(CC(=O)NCC3COc4ccccc4O3)c2n(C)c1=O. The first-order chi connectivity index (χ1) is 13.9. The van der Waals surface area contributed by atoms with Gasteiger partial charge in [0.15, 0.2) is 27.4 Å². The number of para-hydroxylation sites is 2. The molecule has 10 nitrogen and oxygen atoms in total. The molecule has 29 heavy (non-hydrogen) atoms. The molecular weight excluding hydrogens is 446 g/mol. The monoisotopic (exact) mass is 463 g/mol. The van der Waals surface area contributed by atoms with Gasteiger partial charge in [-0.05, 0) is 28.1 Å². The fraction of sp³-hybridized carbons (Fsp3) is 0.333. The zero-order chi connectivity index (χ0) is 20.7. The third-order valence-corrected chi connectivity index (χ3v) is 5.29. The van der Waals surface area contributed by atoms with Crippen molar-refractivity contribution in [1.82, 2.24) is 24.0 Å². The van der Waals surface area contributed by atoms with Gasteiger partial charge >= 0.3 is 5.69 Å². The average Bonchev–Trinajstić information content (AvgIpc) is 3.05. The van der Waals surface area contributed by atoms with E-state index in [-0.39, 0.29) is 41.0 Å². The van der Waals surface area contributed by atoms with Crippen molar-refractivity contribution in [3.63, 3.8) is 0 Å². The van der Waals surface area contributed by atoms with Crippen molar-refractivity contribution in [2.45, 2.75) is 12.6 Å². The summed E-state index contributed by atoms with van der Waals surface area (Å²) in [6.45, 7) is 0.444. The van der Waals surface area contributed by atoms with Crippen LogP contribution in [0.15, 0.2) is 38.6 Å². The second-order valence-corrected chi connectivity index (χ2v) is 7.36. The van der Waals surface area contributed by atoms with Gasteiger partial charge in [-0.1, -0.05) is 12.1 Å². The summed E-state index contributed by atoms with van der Waals surface area (Å²) in [6.07, 6.45) is -0.325. The molecule has 1 aliphatic rings. The molecule has 152 valence electrons. The summed E-state index contributed by atoms with van der Waals surface area (Å²) >= 11 is 3.26. The Morgan fingerprint density at radius 3 is 2.72 bits per heavy atom. The van der Waals surface area contributed by atoms with Gasteiger partial charge in [-0.2, -0.15) is 0 Å². The number of hydrogen-bond acceptors (Lipinski definition) is 6. The second-order valence-electron chi connectivity index (χ2n) is 6.65. The van der Waals surface area contributed by atoms with E-state index in [1.54, 1.807) is 6.07 Å². The number of carbonyl (C=O) groups excluding carboxylic acids is 1. The number of imidazole rings is 1. The van der Waals surface area contributed by atoms with Crippen LogP contribution in [0.25, 0.3) is 11.2 Å². The maximum atomic E-state index is 12.5. The average molecular weight is 464 g/mol. The van der Waals surface area contributed by atoms with Gasteiger partial charge < -0.3 is 14.8 Å². The lowest BCUT2D eigenvalue weighted by atomic mass is 10.2. The quantitative estimate of drug-likeness (QED) is 0.551. The van der Waals surface area contributed by atoms with E-state index in [9.17, 15) is 14.4 Å². The van der Waals surface area contributed by atoms with Crippen LogP contribution in [-0.4, -0.2) is 43.8 Å². The van der Waals surface area contributed by atoms with E-state index in [0.717, 1.165) is 4.57 Å². The number of amides is 1. The molecule has 1 aromatic carbocycles. The van der Waals surface area contributed by atoms with E-state index in [4.69, 9.17) is 9.47 Å². The van der Waals surface area contributed by atoms with Crippen LogP contribution in [-0.2, 0) is 25.4 Å². The number of carbonyl (C=O) groups is 1. The molecule has 0 aliphatic carbocycles. The number of nitrogens with one attached hydrogen (secondary N) is 1. The summed E-state index contributed by atoms with van der Waals surface area (Å²) in [7, 11) is 2.91. The van der Waals surface area contributed by atoms with Crippen molar-refractivity contribution in [2.24, 2.45) is 14.1 Å². The topological polar surface area (TPSA) is 109 Å². The summed E-state index contributed by atoms with van der Waals surface area (Å²) in [4.78, 5) is 41.2. The zero-order valence-electron chi connectivity index (χ0n) is 15.7. The molecule has 1 amide bonds. The summed E-state index contributed by atoms with van der Waals surface area (Å²) in [5.74, 6) is 0.985. The number of hydrogen-bond donors (Lipinski definition) is 1. The highest BCUT2D eigenvalue weighted by molar-refractivity contribution is 9.10. The van der Waals surface area contributed by atoms with Crippen molar-refractivity contribution in [3.8, 4) is 11.5 Å². The molecule has 11 heteroatoms. The Morgan fingerprint density at radius 2 is 1.97 bits per heavy atom. The second kappa shape index (κ2) is 7.39. The number of ether oxygens (including phenoxy) is 2. The van der Waals surface area contributed by atoms with Crippen LogP contribution < -0.4 is 26.0 Å². The van der Waals surface area contributed by atoms with Crippen LogP contribution >= 0.6 is 15.9 Å². The molecule has 1 N–H and O–H groups in total. The number of benzene rings is 1. The first-order valence-electron chi connectivity index (χ1n) is 8.83. The van der Waals surface area contributed by atoms with E-state index in [1.165, 1.54) is 23.2 Å². The minimum atomic E-state index is -0.519. The summed E-state index contributed by atoms with van der Waals surface area (Å²) in [5, 5.41) is 2.79. The molecule has 0 bridgehead atoms. The van der Waals surface area contributed by atoms with Gasteiger partial charge in [0.1, 0.15) is 19.3 Å². The first kappa shape index (κ1) is 19.2. The van der Waals surface area contributed by atoms with Crippen LogP contribution in [0.1, 0.15) is 0 Å². The summed E-state index contributed by atoms with van der Waals surface area (Å²) in [5.41, 5.74) is -0.640. The van der Waals surface area contributed by atoms with Crippen LogP contribution in [0, 0.1) is 0 Å². The van der Waals surface area contributed by atoms with Gasteiger partial charge in [0, 0.05) is 14.1 Å². The molecule has 1 aliphatic heterocycles. The number of aromatic nitrogens is 4. The maximum absolute atomic E-state index is 12.5. The molecule has 0 fully saturated rings. The van der Waals surface area contributed by atoms with Crippen LogP contribution in [0.5, 0.6) is 11.5 Å². The molecule has 4 rings (SSSR count). The Labute approximate surface area is 172 Å². The van der Waals surface area contributed by atoms with Crippen molar-refractivity contribution in [3.05, 3.63) is 49.8 Å². The van der Waals surface area contributed by atoms with E-state index >= 15 is 0 Å². The predicted octanol–water partition coefficient (Wildman–Crippen LogP) is 0.152. The molecule has 3 aromatic rings. The van der Waals surface area contributed by atoms with Crippen molar-refractivity contribution in [2.75, 3.05) is 13.2 Å². The van der Waals surface area contributed by atoms with Crippen molar-refractivity contribution < 1.29 is 14.3 Å². The van der Waals surface area contributed by atoms with Gasteiger partial charge in [-0.3, -0.25) is 23.3 Å². The smallest absolute Gasteiger partial charge is 0.332 e. The molecule has 0 saturated heterocycles. The number of rotatable bonds is 4. The molecule has 0 radical (unpaired) electrons. The lowest BCUT2D eigenvalue weighted by Gasteiger charge is -2.26. The third kappa shape index (κ3) is 3.41. The predicted molar refractivity (Wildman–Crippen MR) is 107 cm³/mol. The van der Waals surface area contributed by atoms with Gasteiger partial charge in [-0.25, -0.2) is 9.78 Å². The highest BCUT2D eigenvalue weighted by Crippen LogP contribution is 2.30. The molecule has 2 aromatic heterocycles. The fourth-order valence-electron chi connectivity index (χ4n) is 3.19. The van der Waals surface area contributed by atoms with Crippen molar-refractivity contribution in [1.29, 1.82) is 0 Å². The van der Waals surface area contributed by atoms with Gasteiger partial charge in [0.2, 0.25) is 5.91 Å². The Balaban J connectivity index is 1.50. The molecule has 1 atom stereocenters. The largest absolute Gasteiger partial charge is 0.486 e. The van der Waals surface area contributed by atoms with E-state index in [0.29, 0.717) is 18.1 Å². The highest BCUT2D eigenvalue weighted by atomic mass is 79.9. The molecule has 1 unspecified atom stereocenters.